The summed E-state index contributed by atoms with van der Waals surface area (Å²) in [7, 11) is 0. The van der Waals surface area contributed by atoms with Gasteiger partial charge in [-0.05, 0) is 11.4 Å². The molecule has 1 aromatic heterocycles. The van der Waals surface area contributed by atoms with Crippen molar-refractivity contribution in [3.05, 3.63) is 17.0 Å². The summed E-state index contributed by atoms with van der Waals surface area (Å²) in [6, 6.07) is 1.48. The molecule has 2 N–H and O–H groups in total. The van der Waals surface area contributed by atoms with Crippen LogP contribution in [0.15, 0.2) is 21.7 Å². The largest absolute Gasteiger partial charge is 0.478 e. The third-order valence-electron chi connectivity index (χ3n) is 1.21. The van der Waals surface area contributed by atoms with E-state index in [1.807, 2.05) is 0 Å². The van der Waals surface area contributed by atoms with Crippen LogP contribution in [0.25, 0.3) is 0 Å². The number of carboxylic acids is 1. The van der Waals surface area contributed by atoms with Gasteiger partial charge in [0, 0.05) is 6.21 Å². The summed E-state index contributed by atoms with van der Waals surface area (Å²) >= 11 is 1.21. The van der Waals surface area contributed by atoms with E-state index < -0.39 is 5.97 Å². The van der Waals surface area contributed by atoms with Crippen molar-refractivity contribution in [2.75, 3.05) is 6.54 Å². The highest BCUT2D eigenvalue weighted by atomic mass is 32.1. The van der Waals surface area contributed by atoms with Crippen molar-refractivity contribution in [1.29, 1.82) is 5.41 Å². The van der Waals surface area contributed by atoms with E-state index in [9.17, 15) is 4.79 Å². The minimum Gasteiger partial charge on any atom is -0.478 e. The molecule has 1 aromatic rings. The molecule has 1 rings (SSSR count). The molecule has 0 saturated heterocycles. The van der Waals surface area contributed by atoms with Crippen molar-refractivity contribution in [2.45, 2.75) is 0 Å². The summed E-state index contributed by atoms with van der Waals surface area (Å²) in [6.07, 6.45) is 1.09. The zero-order valence-corrected chi connectivity index (χ0v) is 7.41. The molecule has 0 aliphatic rings. The summed E-state index contributed by atoms with van der Waals surface area (Å²) in [4.78, 5) is 10.6. The molecule has 1 heterocycles. The maximum atomic E-state index is 10.6. The van der Waals surface area contributed by atoms with Gasteiger partial charge in [-0.3, -0.25) is 0 Å². The van der Waals surface area contributed by atoms with Crippen LogP contribution < -0.4 is 0 Å². The normalized spacial score (nSPS) is 10.5. The molecule has 0 amide bonds. The van der Waals surface area contributed by atoms with E-state index in [4.69, 9.17) is 10.5 Å². The van der Waals surface area contributed by atoms with Gasteiger partial charge in [-0.1, -0.05) is 0 Å². The maximum Gasteiger partial charge on any atom is 0.338 e. The molecule has 0 bridgehead atoms. The van der Waals surface area contributed by atoms with Gasteiger partial charge in [0.15, 0.2) is 5.00 Å². The van der Waals surface area contributed by atoms with Gasteiger partial charge in [0.25, 0.3) is 0 Å². The number of carboxylic acid groups (broad SMARTS) is 1. The molecule has 13 heavy (non-hydrogen) atoms. The van der Waals surface area contributed by atoms with E-state index in [0.29, 0.717) is 5.00 Å². The van der Waals surface area contributed by atoms with Crippen molar-refractivity contribution in [2.24, 2.45) is 10.2 Å². The van der Waals surface area contributed by atoms with Gasteiger partial charge < -0.3 is 10.5 Å². The lowest BCUT2D eigenvalue weighted by Crippen LogP contribution is -1.92. The van der Waals surface area contributed by atoms with E-state index >= 15 is 0 Å². The van der Waals surface area contributed by atoms with Crippen LogP contribution in [0.2, 0.25) is 0 Å². The first-order chi connectivity index (χ1) is 6.25. The number of hydrogen-bond acceptors (Lipinski definition) is 5. The molecule has 0 spiro atoms. The van der Waals surface area contributed by atoms with Gasteiger partial charge in [0.1, 0.15) is 0 Å². The van der Waals surface area contributed by atoms with E-state index in [1.165, 1.54) is 17.4 Å². The zero-order valence-electron chi connectivity index (χ0n) is 6.60. The SMILES string of the molecule is N=CCN=Nc1sccc1C(=O)O. The molecule has 0 unspecified atom stereocenters. The molecule has 0 aromatic carbocycles. The first-order valence-corrected chi connectivity index (χ1v) is 4.31. The van der Waals surface area contributed by atoms with E-state index in [-0.39, 0.29) is 12.1 Å². The van der Waals surface area contributed by atoms with Crippen LogP contribution in [-0.2, 0) is 0 Å². The summed E-state index contributed by atoms with van der Waals surface area (Å²) in [5.41, 5.74) is 0.152. The lowest BCUT2D eigenvalue weighted by Gasteiger charge is -1.88. The first kappa shape index (κ1) is 9.53. The topological polar surface area (TPSA) is 85.9 Å². The third-order valence-corrected chi connectivity index (χ3v) is 2.01. The van der Waals surface area contributed by atoms with Crippen LogP contribution in [0.4, 0.5) is 5.00 Å². The Morgan fingerprint density at radius 2 is 2.54 bits per heavy atom. The minimum atomic E-state index is -1.01. The van der Waals surface area contributed by atoms with E-state index in [2.05, 4.69) is 10.2 Å². The Balaban J connectivity index is 2.82. The number of thiophene rings is 1. The Hall–Kier alpha value is -1.56. The summed E-state index contributed by atoms with van der Waals surface area (Å²) in [5.74, 6) is -1.01. The van der Waals surface area contributed by atoms with Gasteiger partial charge in [-0.2, -0.15) is 5.11 Å². The van der Waals surface area contributed by atoms with Gasteiger partial charge >= 0.3 is 5.97 Å². The highest BCUT2D eigenvalue weighted by Crippen LogP contribution is 2.26. The van der Waals surface area contributed by atoms with Crippen LogP contribution in [0.1, 0.15) is 10.4 Å². The predicted octanol–water partition coefficient (Wildman–Crippen LogP) is 2.18. The number of carbonyl (C=O) groups is 1. The molecule has 0 aliphatic carbocycles. The molecule has 68 valence electrons. The monoisotopic (exact) mass is 197 g/mol. The second-order valence-corrected chi connectivity index (χ2v) is 2.97. The average Bonchev–Trinajstić information content (AvgIpc) is 2.53. The third kappa shape index (κ3) is 2.45. The molecule has 0 atom stereocenters. The smallest absolute Gasteiger partial charge is 0.338 e. The van der Waals surface area contributed by atoms with Crippen molar-refractivity contribution in [3.63, 3.8) is 0 Å². The van der Waals surface area contributed by atoms with Crippen LogP contribution in [-0.4, -0.2) is 23.8 Å². The number of aromatic carboxylic acids is 1. The van der Waals surface area contributed by atoms with E-state index in [1.54, 1.807) is 5.38 Å². The first-order valence-electron chi connectivity index (χ1n) is 3.43. The highest BCUT2D eigenvalue weighted by molar-refractivity contribution is 7.14. The van der Waals surface area contributed by atoms with Crippen LogP contribution in [0, 0.1) is 5.41 Å². The number of azo groups is 1. The molecule has 0 fully saturated rings. The van der Waals surface area contributed by atoms with Crippen molar-refractivity contribution < 1.29 is 9.90 Å². The zero-order chi connectivity index (χ0) is 9.68. The molecular weight excluding hydrogens is 190 g/mol. The Morgan fingerprint density at radius 1 is 1.77 bits per heavy atom. The van der Waals surface area contributed by atoms with Crippen molar-refractivity contribution in [1.82, 2.24) is 0 Å². The Bertz CT molecular complexity index is 345. The number of nitrogens with one attached hydrogen (secondary N) is 1. The molecular formula is C7H7N3O2S. The Morgan fingerprint density at radius 3 is 3.15 bits per heavy atom. The fourth-order valence-electron chi connectivity index (χ4n) is 0.687. The predicted molar refractivity (Wildman–Crippen MR) is 49.4 cm³/mol. The minimum absolute atomic E-state index is 0.152. The summed E-state index contributed by atoms with van der Waals surface area (Å²) < 4.78 is 0. The standard InChI is InChI=1S/C7H7N3O2S/c8-2-3-9-10-6-5(7(11)12)1-4-13-6/h1-2,4,8H,3H2,(H,11,12). The molecule has 6 heteroatoms. The van der Waals surface area contributed by atoms with Crippen LogP contribution in [0.3, 0.4) is 0 Å². The molecule has 0 aliphatic heterocycles. The Kier molecular flexibility index (Phi) is 3.27. The van der Waals surface area contributed by atoms with Gasteiger partial charge in [0.2, 0.25) is 0 Å². The fraction of sp³-hybridized carbons (Fsp3) is 0.143. The summed E-state index contributed by atoms with van der Waals surface area (Å²) in [5, 5.41) is 24.7. The molecule has 5 nitrogen and oxygen atoms in total. The van der Waals surface area contributed by atoms with Crippen LogP contribution in [0.5, 0.6) is 0 Å². The Labute approximate surface area is 78.3 Å². The number of hydrogen-bond donors (Lipinski definition) is 2. The van der Waals surface area contributed by atoms with Crippen molar-refractivity contribution >= 4 is 28.5 Å². The summed E-state index contributed by atoms with van der Waals surface area (Å²) in [6.45, 7) is 0.178. The molecule has 0 radical (unpaired) electrons. The van der Waals surface area contributed by atoms with Gasteiger partial charge in [-0.25, -0.2) is 4.79 Å². The quantitative estimate of drug-likeness (QED) is 0.572. The second-order valence-electron chi connectivity index (χ2n) is 2.07. The van der Waals surface area contributed by atoms with Crippen LogP contribution >= 0.6 is 11.3 Å². The lowest BCUT2D eigenvalue weighted by molar-refractivity contribution is 0.0698. The second kappa shape index (κ2) is 4.46. The lowest BCUT2D eigenvalue weighted by atomic mass is 10.3. The average molecular weight is 197 g/mol. The fourth-order valence-corrected chi connectivity index (χ4v) is 1.41. The number of nitrogens with zero attached hydrogens (tertiary/aromatic N) is 2. The van der Waals surface area contributed by atoms with Crippen molar-refractivity contribution in [3.8, 4) is 0 Å². The van der Waals surface area contributed by atoms with E-state index in [0.717, 1.165) is 6.21 Å². The maximum absolute atomic E-state index is 10.6. The molecule has 0 saturated carbocycles. The van der Waals surface area contributed by atoms with Gasteiger partial charge in [-0.15, -0.1) is 16.5 Å². The van der Waals surface area contributed by atoms with Gasteiger partial charge in [0.05, 0.1) is 12.1 Å². The number of rotatable bonds is 4. The highest BCUT2D eigenvalue weighted by Gasteiger charge is 2.09.